The number of hydrogen-bond donors (Lipinski definition) is 1. The molecule has 4 nitrogen and oxygen atoms in total. The molecule has 2 atom stereocenters. The fourth-order valence-electron chi connectivity index (χ4n) is 1.97. The van der Waals surface area contributed by atoms with E-state index in [1.165, 1.54) is 12.1 Å². The van der Waals surface area contributed by atoms with E-state index in [2.05, 4.69) is 35.1 Å². The highest BCUT2D eigenvalue weighted by molar-refractivity contribution is 9.10. The molecule has 0 fully saturated rings. The van der Waals surface area contributed by atoms with Gasteiger partial charge in [0, 0.05) is 26.8 Å². The Kier molecular flexibility index (Phi) is 6.69. The molecule has 0 aliphatic carbocycles. The van der Waals surface area contributed by atoms with Crippen molar-refractivity contribution in [2.45, 2.75) is 44.6 Å². The van der Waals surface area contributed by atoms with Gasteiger partial charge in [-0.05, 0) is 53.4 Å². The van der Waals surface area contributed by atoms with Crippen LogP contribution in [0.3, 0.4) is 0 Å². The SMILES string of the molecule is CCC(C)CC(C)NC(=O)c1ccc(Br)c(S(=O)(=O)Cl)c1. The van der Waals surface area contributed by atoms with Gasteiger partial charge < -0.3 is 5.32 Å². The van der Waals surface area contributed by atoms with Gasteiger partial charge in [-0.1, -0.05) is 20.3 Å². The maximum atomic E-state index is 12.2. The minimum absolute atomic E-state index is 0.0205. The third-order valence-electron chi connectivity index (χ3n) is 3.29. The van der Waals surface area contributed by atoms with Crippen molar-refractivity contribution in [2.75, 3.05) is 0 Å². The van der Waals surface area contributed by atoms with Crippen molar-refractivity contribution in [2.24, 2.45) is 5.92 Å². The second kappa shape index (κ2) is 7.61. The van der Waals surface area contributed by atoms with Gasteiger partial charge in [0.1, 0.15) is 0 Å². The summed E-state index contributed by atoms with van der Waals surface area (Å²) in [7, 11) is 1.45. The lowest BCUT2D eigenvalue weighted by Gasteiger charge is -2.17. The van der Waals surface area contributed by atoms with E-state index in [0.717, 1.165) is 12.8 Å². The van der Waals surface area contributed by atoms with Gasteiger partial charge in [-0.25, -0.2) is 8.42 Å². The summed E-state index contributed by atoms with van der Waals surface area (Å²) < 4.78 is 23.2. The van der Waals surface area contributed by atoms with E-state index in [1.807, 2.05) is 6.92 Å². The zero-order valence-electron chi connectivity index (χ0n) is 12.2. The van der Waals surface area contributed by atoms with Crippen LogP contribution in [0.15, 0.2) is 27.6 Å². The summed E-state index contributed by atoms with van der Waals surface area (Å²) in [6, 6.07) is 4.36. The van der Waals surface area contributed by atoms with Crippen molar-refractivity contribution in [3.8, 4) is 0 Å². The summed E-state index contributed by atoms with van der Waals surface area (Å²) in [6.07, 6.45) is 1.92. The number of carbonyl (C=O) groups excluding carboxylic acids is 1. The van der Waals surface area contributed by atoms with E-state index < -0.39 is 9.05 Å². The Bertz CT molecular complexity index is 619. The molecule has 1 N–H and O–H groups in total. The van der Waals surface area contributed by atoms with Crippen LogP contribution in [0, 0.1) is 5.92 Å². The van der Waals surface area contributed by atoms with Gasteiger partial charge in [-0.2, -0.15) is 0 Å². The summed E-state index contributed by atoms with van der Waals surface area (Å²) in [5.74, 6) is 0.212. The fraction of sp³-hybridized carbons (Fsp3) is 0.500. The number of benzene rings is 1. The molecule has 0 radical (unpaired) electrons. The first kappa shape index (κ1) is 18.5. The van der Waals surface area contributed by atoms with E-state index in [0.29, 0.717) is 10.4 Å². The molecule has 0 spiro atoms. The Balaban J connectivity index is 2.89. The van der Waals surface area contributed by atoms with Crippen LogP contribution in [0.2, 0.25) is 0 Å². The Labute approximate surface area is 138 Å². The minimum Gasteiger partial charge on any atom is -0.350 e. The van der Waals surface area contributed by atoms with E-state index >= 15 is 0 Å². The molecule has 0 aromatic heterocycles. The molecule has 0 aliphatic heterocycles. The van der Waals surface area contributed by atoms with Crippen LogP contribution in [-0.2, 0) is 9.05 Å². The smallest absolute Gasteiger partial charge is 0.262 e. The van der Waals surface area contributed by atoms with Crippen molar-refractivity contribution >= 4 is 41.6 Å². The molecule has 0 saturated carbocycles. The summed E-state index contributed by atoms with van der Waals surface area (Å²) >= 11 is 3.11. The number of rotatable bonds is 6. The van der Waals surface area contributed by atoms with Crippen LogP contribution in [0.1, 0.15) is 44.0 Å². The van der Waals surface area contributed by atoms with Crippen LogP contribution in [-0.4, -0.2) is 20.4 Å². The van der Waals surface area contributed by atoms with Gasteiger partial charge in [-0.3, -0.25) is 4.79 Å². The van der Waals surface area contributed by atoms with Gasteiger partial charge in [0.05, 0.1) is 4.90 Å². The zero-order valence-corrected chi connectivity index (χ0v) is 15.3. The van der Waals surface area contributed by atoms with Crippen LogP contribution in [0.5, 0.6) is 0 Å². The molecule has 0 bridgehead atoms. The van der Waals surface area contributed by atoms with Crippen molar-refractivity contribution in [3.63, 3.8) is 0 Å². The fourth-order valence-corrected chi connectivity index (χ4v) is 4.08. The van der Waals surface area contributed by atoms with Gasteiger partial charge in [0.25, 0.3) is 15.0 Å². The van der Waals surface area contributed by atoms with Gasteiger partial charge in [0.15, 0.2) is 0 Å². The highest BCUT2D eigenvalue weighted by Crippen LogP contribution is 2.26. The predicted molar refractivity (Wildman–Crippen MR) is 88.2 cm³/mol. The number of nitrogens with one attached hydrogen (secondary N) is 1. The Morgan fingerprint density at radius 2 is 2.00 bits per heavy atom. The largest absolute Gasteiger partial charge is 0.350 e. The highest BCUT2D eigenvalue weighted by Gasteiger charge is 2.18. The summed E-state index contributed by atoms with van der Waals surface area (Å²) in [6.45, 7) is 6.16. The molecular weight excluding hydrogens is 378 g/mol. The van der Waals surface area contributed by atoms with Gasteiger partial charge in [0.2, 0.25) is 0 Å². The molecule has 21 heavy (non-hydrogen) atoms. The van der Waals surface area contributed by atoms with Crippen LogP contribution in [0.4, 0.5) is 0 Å². The average Bonchev–Trinajstić information content (AvgIpc) is 2.37. The summed E-state index contributed by atoms with van der Waals surface area (Å²) in [4.78, 5) is 12.0. The third-order valence-corrected chi connectivity index (χ3v) is 5.60. The predicted octanol–water partition coefficient (Wildman–Crippen LogP) is 3.93. The molecule has 1 aromatic rings. The Morgan fingerprint density at radius 3 is 2.52 bits per heavy atom. The van der Waals surface area contributed by atoms with Crippen LogP contribution < -0.4 is 5.32 Å². The molecule has 0 aliphatic rings. The molecule has 7 heteroatoms. The lowest BCUT2D eigenvalue weighted by molar-refractivity contribution is 0.0935. The Morgan fingerprint density at radius 1 is 1.38 bits per heavy atom. The van der Waals surface area contributed by atoms with Gasteiger partial charge >= 0.3 is 0 Å². The second-order valence-electron chi connectivity index (χ2n) is 5.21. The van der Waals surface area contributed by atoms with Gasteiger partial charge in [-0.15, -0.1) is 0 Å². The standard InChI is InChI=1S/C14H19BrClNO3S/c1-4-9(2)7-10(3)17-14(18)11-5-6-12(15)13(8-11)21(16,19)20/h5-6,8-10H,4,7H2,1-3H3,(H,17,18). The minimum atomic E-state index is -3.90. The molecule has 1 aromatic carbocycles. The van der Waals surface area contributed by atoms with E-state index in [9.17, 15) is 13.2 Å². The monoisotopic (exact) mass is 395 g/mol. The molecule has 118 valence electrons. The first-order valence-corrected chi connectivity index (χ1v) is 9.80. The van der Waals surface area contributed by atoms with E-state index in [1.54, 1.807) is 6.07 Å². The zero-order chi connectivity index (χ0) is 16.2. The molecule has 0 heterocycles. The number of amides is 1. The van der Waals surface area contributed by atoms with Crippen LogP contribution in [0.25, 0.3) is 0 Å². The molecular formula is C14H19BrClNO3S. The molecule has 0 saturated heterocycles. The Hall–Kier alpha value is -0.590. The van der Waals surface area contributed by atoms with E-state index in [-0.39, 0.29) is 22.4 Å². The normalized spacial score (nSPS) is 14.5. The topological polar surface area (TPSA) is 63.2 Å². The van der Waals surface area contributed by atoms with E-state index in [4.69, 9.17) is 10.7 Å². The lowest BCUT2D eigenvalue weighted by atomic mass is 10.0. The van der Waals surface area contributed by atoms with Crippen molar-refractivity contribution in [1.82, 2.24) is 5.32 Å². The quantitative estimate of drug-likeness (QED) is 0.741. The maximum absolute atomic E-state index is 12.2. The van der Waals surface area contributed by atoms with Crippen molar-refractivity contribution < 1.29 is 13.2 Å². The summed E-state index contributed by atoms with van der Waals surface area (Å²) in [5, 5.41) is 2.87. The average molecular weight is 397 g/mol. The first-order chi connectivity index (χ1) is 9.65. The van der Waals surface area contributed by atoms with Crippen LogP contribution >= 0.6 is 26.6 Å². The molecule has 1 amide bonds. The van der Waals surface area contributed by atoms with Crippen molar-refractivity contribution in [3.05, 3.63) is 28.2 Å². The number of halogens is 2. The first-order valence-electron chi connectivity index (χ1n) is 6.70. The highest BCUT2D eigenvalue weighted by atomic mass is 79.9. The maximum Gasteiger partial charge on any atom is 0.262 e. The second-order valence-corrected chi connectivity index (χ2v) is 8.60. The number of carbonyl (C=O) groups is 1. The lowest BCUT2D eigenvalue weighted by Crippen LogP contribution is -2.33. The molecule has 1 rings (SSSR count). The third kappa shape index (κ3) is 5.60. The van der Waals surface area contributed by atoms with Crippen molar-refractivity contribution in [1.29, 1.82) is 0 Å². The summed E-state index contributed by atoms with van der Waals surface area (Å²) in [5.41, 5.74) is 0.272. The molecule has 2 unspecified atom stereocenters. The number of hydrogen-bond acceptors (Lipinski definition) is 3.